The molecule has 0 bridgehead atoms. The molecule has 3 rings (SSSR count). The van der Waals surface area contributed by atoms with Gasteiger partial charge in [-0.05, 0) is 57.0 Å². The van der Waals surface area contributed by atoms with Gasteiger partial charge in [0.05, 0.1) is 20.3 Å². The summed E-state index contributed by atoms with van der Waals surface area (Å²) in [6, 6.07) is 9.13. The van der Waals surface area contributed by atoms with Gasteiger partial charge in [0.1, 0.15) is 12.3 Å². The molecule has 7 heteroatoms. The zero-order valence-corrected chi connectivity index (χ0v) is 18.3. The molecule has 2 aromatic rings. The highest BCUT2D eigenvalue weighted by Crippen LogP contribution is 2.20. The molecule has 2 heterocycles. The number of aromatic nitrogens is 1. The fraction of sp³-hybridized carbons (Fsp3) is 0.478. The Balaban J connectivity index is 1.55. The molecule has 1 unspecified atom stereocenters. The number of hydrogen-bond donors (Lipinski definition) is 2. The molecule has 1 aromatic carbocycles. The van der Waals surface area contributed by atoms with Gasteiger partial charge in [-0.25, -0.2) is 0 Å². The molecule has 30 heavy (non-hydrogen) atoms. The number of ether oxygens (including phenoxy) is 2. The van der Waals surface area contributed by atoms with Crippen LogP contribution in [0.15, 0.2) is 30.3 Å². The van der Waals surface area contributed by atoms with Gasteiger partial charge in [0.25, 0.3) is 5.91 Å². The fourth-order valence-corrected chi connectivity index (χ4v) is 3.94. The highest BCUT2D eigenvalue weighted by atomic mass is 16.5. The number of Topliss-reactive ketones (excluding diaryl/α,β-unsaturated/α-hetero) is 1. The van der Waals surface area contributed by atoms with E-state index in [1.165, 1.54) is 0 Å². The monoisotopic (exact) mass is 414 g/mol. The summed E-state index contributed by atoms with van der Waals surface area (Å²) in [5, 5.41) is 2.86. The molecule has 1 saturated heterocycles. The van der Waals surface area contributed by atoms with E-state index in [-0.39, 0.29) is 30.9 Å². The smallest absolute Gasteiger partial charge is 0.279 e. The molecule has 162 valence electrons. The Morgan fingerprint density at radius 2 is 1.97 bits per heavy atom. The Morgan fingerprint density at radius 3 is 2.60 bits per heavy atom. The number of quaternary nitrogens is 1. The minimum Gasteiger partial charge on any atom is -0.497 e. The number of nitrogens with zero attached hydrogens (tertiary/aromatic N) is 1. The van der Waals surface area contributed by atoms with Crippen molar-refractivity contribution in [3.05, 3.63) is 47.3 Å². The summed E-state index contributed by atoms with van der Waals surface area (Å²) in [7, 11) is 3.46. The Hall–Kier alpha value is -2.64. The number of aryl methyl sites for hydroxylation is 1. The number of likely N-dealkylation sites (N-methyl/N-ethyl adjacent to an activating group) is 1. The summed E-state index contributed by atoms with van der Waals surface area (Å²) in [5.41, 5.74) is 3.49. The lowest BCUT2D eigenvalue weighted by atomic mass is 10.1. The van der Waals surface area contributed by atoms with Crippen molar-refractivity contribution >= 4 is 17.4 Å². The van der Waals surface area contributed by atoms with Crippen LogP contribution in [-0.4, -0.2) is 56.2 Å². The average Bonchev–Trinajstić information content (AvgIpc) is 3.32. The molecule has 1 amide bonds. The number of ketones is 1. The second-order valence-electron chi connectivity index (χ2n) is 8.04. The third-order valence-electron chi connectivity index (χ3n) is 5.58. The molecule has 0 saturated carbocycles. The van der Waals surface area contributed by atoms with Gasteiger partial charge in [-0.2, -0.15) is 0 Å². The Morgan fingerprint density at radius 1 is 1.23 bits per heavy atom. The number of amides is 1. The van der Waals surface area contributed by atoms with Crippen molar-refractivity contribution in [2.75, 3.05) is 39.2 Å². The van der Waals surface area contributed by atoms with E-state index >= 15 is 0 Å². The topological polar surface area (TPSA) is 74.0 Å². The van der Waals surface area contributed by atoms with E-state index in [9.17, 15) is 9.59 Å². The van der Waals surface area contributed by atoms with Gasteiger partial charge < -0.3 is 24.3 Å². The van der Waals surface area contributed by atoms with E-state index < -0.39 is 0 Å². The molecule has 0 radical (unpaired) electrons. The summed E-state index contributed by atoms with van der Waals surface area (Å²) in [6.45, 7) is 6.10. The van der Waals surface area contributed by atoms with Gasteiger partial charge >= 0.3 is 0 Å². The van der Waals surface area contributed by atoms with Crippen LogP contribution < -0.4 is 15.0 Å². The second kappa shape index (κ2) is 9.91. The van der Waals surface area contributed by atoms with Crippen molar-refractivity contribution in [1.29, 1.82) is 0 Å². The number of carbonyl (C=O) groups is 2. The van der Waals surface area contributed by atoms with Crippen LogP contribution in [0.1, 0.15) is 34.6 Å². The number of hydrogen-bond acceptors (Lipinski definition) is 4. The first-order chi connectivity index (χ1) is 14.4. The summed E-state index contributed by atoms with van der Waals surface area (Å²) in [5.74, 6) is 0.657. The van der Waals surface area contributed by atoms with Crippen LogP contribution in [0.3, 0.4) is 0 Å². The van der Waals surface area contributed by atoms with Crippen LogP contribution in [0.25, 0.3) is 0 Å². The predicted octanol–water partition coefficient (Wildman–Crippen LogP) is 1.63. The number of nitrogens with one attached hydrogen (secondary N) is 2. The van der Waals surface area contributed by atoms with Gasteiger partial charge in [-0.1, -0.05) is 0 Å². The van der Waals surface area contributed by atoms with Crippen LogP contribution in [-0.2, 0) is 16.1 Å². The first-order valence-corrected chi connectivity index (χ1v) is 10.4. The van der Waals surface area contributed by atoms with Crippen LogP contribution >= 0.6 is 0 Å². The summed E-state index contributed by atoms with van der Waals surface area (Å²) >= 11 is 0. The van der Waals surface area contributed by atoms with Crippen LogP contribution in [0.5, 0.6) is 5.75 Å². The number of carbonyl (C=O) groups excluding carboxylic acids is 2. The fourth-order valence-electron chi connectivity index (χ4n) is 3.94. The zero-order valence-electron chi connectivity index (χ0n) is 18.3. The van der Waals surface area contributed by atoms with Crippen LogP contribution in [0.2, 0.25) is 0 Å². The lowest BCUT2D eigenvalue weighted by Crippen LogP contribution is -3.11. The lowest BCUT2D eigenvalue weighted by Gasteiger charge is -2.15. The van der Waals surface area contributed by atoms with Crippen molar-refractivity contribution in [3.63, 3.8) is 0 Å². The zero-order chi connectivity index (χ0) is 21.7. The van der Waals surface area contributed by atoms with E-state index in [0.29, 0.717) is 5.69 Å². The van der Waals surface area contributed by atoms with Crippen molar-refractivity contribution in [2.24, 2.45) is 0 Å². The Kier molecular flexibility index (Phi) is 7.29. The maximum atomic E-state index is 12.9. The second-order valence-corrected chi connectivity index (χ2v) is 8.04. The quantitative estimate of drug-likeness (QED) is 0.612. The highest BCUT2D eigenvalue weighted by molar-refractivity contribution is 5.98. The molecule has 2 atom stereocenters. The van der Waals surface area contributed by atoms with Gasteiger partial charge in [-0.3, -0.25) is 9.59 Å². The van der Waals surface area contributed by atoms with Crippen molar-refractivity contribution in [1.82, 2.24) is 4.57 Å². The molecule has 2 N–H and O–H groups in total. The third kappa shape index (κ3) is 5.49. The van der Waals surface area contributed by atoms with Crippen molar-refractivity contribution < 1.29 is 24.0 Å². The van der Waals surface area contributed by atoms with E-state index in [4.69, 9.17) is 9.47 Å². The normalized spacial score (nSPS) is 17.0. The third-order valence-corrected chi connectivity index (χ3v) is 5.58. The molecular formula is C23H32N3O4+. The van der Waals surface area contributed by atoms with E-state index in [0.717, 1.165) is 53.6 Å². The molecule has 1 aliphatic heterocycles. The number of benzene rings is 1. The molecule has 1 fully saturated rings. The predicted molar refractivity (Wildman–Crippen MR) is 115 cm³/mol. The van der Waals surface area contributed by atoms with Gasteiger partial charge in [0.15, 0.2) is 6.54 Å². The van der Waals surface area contributed by atoms with Gasteiger partial charge in [0, 0.05) is 35.8 Å². The number of rotatable bonds is 9. The van der Waals surface area contributed by atoms with Crippen LogP contribution in [0.4, 0.5) is 5.69 Å². The van der Waals surface area contributed by atoms with E-state index in [2.05, 4.69) is 9.88 Å². The molecule has 1 aliphatic rings. The standard InChI is InChI=1S/C23H31N3O4/c1-16-12-21(17(2)26(16)13-20-6-5-11-30-20)22(27)14-25(3)15-23(28)24-18-7-9-19(29-4)10-8-18/h7-10,12,20H,5-6,11,13-15H2,1-4H3,(H,24,28)/p+1/t20-/m1/s1. The average molecular weight is 415 g/mol. The number of anilines is 1. The summed E-state index contributed by atoms with van der Waals surface area (Å²) < 4.78 is 13.0. The largest absolute Gasteiger partial charge is 0.497 e. The Labute approximate surface area is 178 Å². The summed E-state index contributed by atoms with van der Waals surface area (Å²) in [6.07, 6.45) is 2.40. The maximum absolute atomic E-state index is 12.9. The minimum atomic E-state index is -0.130. The van der Waals surface area contributed by atoms with Crippen molar-refractivity contribution in [2.45, 2.75) is 39.3 Å². The minimum absolute atomic E-state index is 0.0523. The van der Waals surface area contributed by atoms with E-state index in [1.807, 2.05) is 27.0 Å². The lowest BCUT2D eigenvalue weighted by molar-refractivity contribution is -0.861. The van der Waals surface area contributed by atoms with E-state index in [1.54, 1.807) is 31.4 Å². The molecular weight excluding hydrogens is 382 g/mol. The highest BCUT2D eigenvalue weighted by Gasteiger charge is 2.23. The van der Waals surface area contributed by atoms with Gasteiger partial charge in [-0.15, -0.1) is 0 Å². The first kappa shape index (κ1) is 22.1. The first-order valence-electron chi connectivity index (χ1n) is 10.4. The molecule has 0 aliphatic carbocycles. The van der Waals surface area contributed by atoms with Crippen LogP contribution in [0, 0.1) is 13.8 Å². The molecule has 1 aromatic heterocycles. The molecule has 7 nitrogen and oxygen atoms in total. The maximum Gasteiger partial charge on any atom is 0.279 e. The van der Waals surface area contributed by atoms with Gasteiger partial charge in [0.2, 0.25) is 5.78 Å². The SMILES string of the molecule is COc1ccc(NC(=O)C[NH+](C)CC(=O)c2cc(C)n(C[C@H]3CCCO3)c2C)cc1. The number of methoxy groups -OCH3 is 1. The Bertz CT molecular complexity index is 883. The van der Waals surface area contributed by atoms with Crippen molar-refractivity contribution in [3.8, 4) is 5.75 Å². The summed E-state index contributed by atoms with van der Waals surface area (Å²) in [4.78, 5) is 26.0. The molecule has 0 spiro atoms.